The molecule has 1 aromatic heterocycles. The van der Waals surface area contributed by atoms with Crippen LogP contribution in [0.5, 0.6) is 5.75 Å². The molecule has 0 bridgehead atoms. The Bertz CT molecular complexity index is 301. The fourth-order valence-electron chi connectivity index (χ4n) is 1.21. The van der Waals surface area contributed by atoms with Crippen LogP contribution in [-0.2, 0) is 10.6 Å². The van der Waals surface area contributed by atoms with Gasteiger partial charge in [-0.1, -0.05) is 13.8 Å². The van der Waals surface area contributed by atoms with Gasteiger partial charge in [-0.15, -0.1) is 11.6 Å². The minimum atomic E-state index is 0.429. The molecule has 0 saturated carbocycles. The second-order valence-electron chi connectivity index (χ2n) is 4.26. The van der Waals surface area contributed by atoms with E-state index < -0.39 is 0 Å². The molecule has 0 fully saturated rings. The van der Waals surface area contributed by atoms with E-state index in [1.165, 1.54) is 0 Å². The van der Waals surface area contributed by atoms with Gasteiger partial charge in [-0.05, 0) is 24.5 Å². The Morgan fingerprint density at radius 2 is 2.06 bits per heavy atom. The summed E-state index contributed by atoms with van der Waals surface area (Å²) in [5, 5.41) is 0. The predicted octanol–water partition coefficient (Wildman–Crippen LogP) is 3.26. The minimum Gasteiger partial charge on any atom is -0.490 e. The van der Waals surface area contributed by atoms with E-state index in [0.717, 1.165) is 24.5 Å². The Hall–Kier alpha value is -0.800. The molecule has 0 radical (unpaired) electrons. The molecular weight excluding hydrogens is 238 g/mol. The number of nitrogens with zero attached hydrogens (tertiary/aromatic N) is 1. The van der Waals surface area contributed by atoms with Gasteiger partial charge in [-0.2, -0.15) is 0 Å². The first-order valence-corrected chi connectivity index (χ1v) is 6.47. The molecule has 0 spiro atoms. The van der Waals surface area contributed by atoms with Crippen LogP contribution in [0.1, 0.15) is 26.0 Å². The molecule has 0 amide bonds. The van der Waals surface area contributed by atoms with Crippen LogP contribution < -0.4 is 4.74 Å². The fraction of sp³-hybridized carbons (Fsp3) is 0.615. The van der Waals surface area contributed by atoms with Crippen molar-refractivity contribution in [2.75, 3.05) is 19.8 Å². The van der Waals surface area contributed by atoms with Gasteiger partial charge < -0.3 is 9.47 Å². The lowest BCUT2D eigenvalue weighted by molar-refractivity contribution is 0.0924. The second-order valence-corrected chi connectivity index (χ2v) is 4.53. The smallest absolute Gasteiger partial charge is 0.137 e. The largest absolute Gasteiger partial charge is 0.490 e. The average molecular weight is 258 g/mol. The van der Waals surface area contributed by atoms with Gasteiger partial charge in [-0.25, -0.2) is 0 Å². The first-order chi connectivity index (χ1) is 8.22. The molecule has 0 aliphatic rings. The normalized spacial score (nSPS) is 10.8. The third-order valence-electron chi connectivity index (χ3n) is 2.27. The van der Waals surface area contributed by atoms with E-state index in [2.05, 4.69) is 18.8 Å². The van der Waals surface area contributed by atoms with Crippen LogP contribution in [0.15, 0.2) is 18.3 Å². The van der Waals surface area contributed by atoms with Crippen molar-refractivity contribution in [3.05, 3.63) is 24.0 Å². The van der Waals surface area contributed by atoms with Crippen molar-refractivity contribution in [1.82, 2.24) is 4.98 Å². The third-order valence-corrected chi connectivity index (χ3v) is 2.54. The molecule has 4 heteroatoms. The highest BCUT2D eigenvalue weighted by atomic mass is 35.5. The summed E-state index contributed by atoms with van der Waals surface area (Å²) in [7, 11) is 0. The maximum Gasteiger partial charge on any atom is 0.137 e. The zero-order valence-corrected chi connectivity index (χ0v) is 11.2. The highest BCUT2D eigenvalue weighted by Crippen LogP contribution is 2.10. The van der Waals surface area contributed by atoms with Gasteiger partial charge in [0.25, 0.3) is 0 Å². The van der Waals surface area contributed by atoms with Crippen LogP contribution in [0.2, 0.25) is 0 Å². The molecule has 17 heavy (non-hydrogen) atoms. The quantitative estimate of drug-likeness (QED) is 0.529. The van der Waals surface area contributed by atoms with E-state index in [1.807, 2.05) is 12.1 Å². The summed E-state index contributed by atoms with van der Waals surface area (Å²) in [6, 6.07) is 3.74. The first-order valence-electron chi connectivity index (χ1n) is 5.94. The number of aromatic nitrogens is 1. The van der Waals surface area contributed by atoms with Gasteiger partial charge in [0.05, 0.1) is 24.4 Å². The van der Waals surface area contributed by atoms with Crippen LogP contribution in [-0.4, -0.2) is 24.8 Å². The van der Waals surface area contributed by atoms with Gasteiger partial charge in [0.1, 0.15) is 12.4 Å². The Morgan fingerprint density at radius 1 is 1.24 bits per heavy atom. The van der Waals surface area contributed by atoms with Gasteiger partial charge in [-0.3, -0.25) is 4.98 Å². The lowest BCUT2D eigenvalue weighted by atomic mass is 10.1. The Kier molecular flexibility index (Phi) is 6.97. The van der Waals surface area contributed by atoms with Crippen LogP contribution in [0.4, 0.5) is 0 Å². The van der Waals surface area contributed by atoms with E-state index in [0.29, 0.717) is 25.0 Å². The van der Waals surface area contributed by atoms with E-state index in [1.54, 1.807) is 6.20 Å². The van der Waals surface area contributed by atoms with E-state index in [-0.39, 0.29) is 0 Å². The van der Waals surface area contributed by atoms with Gasteiger partial charge in [0.2, 0.25) is 0 Å². The van der Waals surface area contributed by atoms with Crippen molar-refractivity contribution in [1.29, 1.82) is 0 Å². The highest BCUT2D eigenvalue weighted by Gasteiger charge is 1.97. The molecule has 0 unspecified atom stereocenters. The Balaban J connectivity index is 2.09. The monoisotopic (exact) mass is 257 g/mol. The van der Waals surface area contributed by atoms with Crippen LogP contribution >= 0.6 is 11.6 Å². The number of alkyl halides is 1. The highest BCUT2D eigenvalue weighted by molar-refractivity contribution is 6.16. The number of pyridine rings is 1. The molecule has 0 saturated heterocycles. The summed E-state index contributed by atoms with van der Waals surface area (Å²) < 4.78 is 10.9. The van der Waals surface area contributed by atoms with Gasteiger partial charge in [0, 0.05) is 6.61 Å². The summed E-state index contributed by atoms with van der Waals surface area (Å²) >= 11 is 5.64. The molecule has 0 aliphatic heterocycles. The second kappa shape index (κ2) is 8.31. The number of hydrogen-bond donors (Lipinski definition) is 0. The maximum absolute atomic E-state index is 5.64. The van der Waals surface area contributed by atoms with E-state index in [4.69, 9.17) is 21.1 Å². The number of ether oxygens (including phenoxy) is 2. The van der Waals surface area contributed by atoms with Crippen molar-refractivity contribution in [3.8, 4) is 5.75 Å². The molecule has 96 valence electrons. The summed E-state index contributed by atoms with van der Waals surface area (Å²) in [5.74, 6) is 1.87. The molecule has 0 N–H and O–H groups in total. The predicted molar refractivity (Wildman–Crippen MR) is 69.6 cm³/mol. The summed E-state index contributed by atoms with van der Waals surface area (Å²) in [6.45, 7) is 6.34. The SMILES string of the molecule is CC(C)CCOCCOc1ccc(CCl)nc1. The molecule has 0 aromatic carbocycles. The molecule has 1 heterocycles. The number of rotatable bonds is 8. The fourth-order valence-corrected chi connectivity index (χ4v) is 1.37. The van der Waals surface area contributed by atoms with Crippen molar-refractivity contribution in [3.63, 3.8) is 0 Å². The molecular formula is C13H20ClNO2. The van der Waals surface area contributed by atoms with E-state index >= 15 is 0 Å². The molecule has 0 atom stereocenters. The minimum absolute atomic E-state index is 0.429. The van der Waals surface area contributed by atoms with Gasteiger partial charge >= 0.3 is 0 Å². The lowest BCUT2D eigenvalue weighted by Crippen LogP contribution is -2.08. The first kappa shape index (κ1) is 14.3. The van der Waals surface area contributed by atoms with Crippen molar-refractivity contribution in [2.45, 2.75) is 26.1 Å². The summed E-state index contributed by atoms with van der Waals surface area (Å²) in [5.41, 5.74) is 0.854. The number of halogens is 1. The molecule has 0 aliphatic carbocycles. The molecule has 3 nitrogen and oxygen atoms in total. The molecule has 1 rings (SSSR count). The maximum atomic E-state index is 5.64. The van der Waals surface area contributed by atoms with Crippen LogP contribution in [0.25, 0.3) is 0 Å². The lowest BCUT2D eigenvalue weighted by Gasteiger charge is -2.08. The average Bonchev–Trinajstić information content (AvgIpc) is 2.34. The third kappa shape index (κ3) is 6.49. The van der Waals surface area contributed by atoms with Crippen molar-refractivity contribution in [2.24, 2.45) is 5.92 Å². The van der Waals surface area contributed by atoms with Crippen LogP contribution in [0.3, 0.4) is 0 Å². The zero-order chi connectivity index (χ0) is 12.5. The Morgan fingerprint density at radius 3 is 2.65 bits per heavy atom. The Labute approximate surface area is 108 Å². The van der Waals surface area contributed by atoms with Crippen molar-refractivity contribution < 1.29 is 9.47 Å². The standard InChI is InChI=1S/C13H20ClNO2/c1-11(2)5-6-16-7-8-17-13-4-3-12(9-14)15-10-13/h3-4,10-11H,5-9H2,1-2H3. The van der Waals surface area contributed by atoms with Crippen LogP contribution in [0, 0.1) is 5.92 Å². The molecule has 1 aromatic rings. The zero-order valence-electron chi connectivity index (χ0n) is 10.5. The van der Waals surface area contributed by atoms with Gasteiger partial charge in [0.15, 0.2) is 0 Å². The summed E-state index contributed by atoms with van der Waals surface area (Å²) in [4.78, 5) is 4.14. The van der Waals surface area contributed by atoms with E-state index in [9.17, 15) is 0 Å². The summed E-state index contributed by atoms with van der Waals surface area (Å²) in [6.07, 6.45) is 2.78. The van der Waals surface area contributed by atoms with Crippen molar-refractivity contribution >= 4 is 11.6 Å². The number of hydrogen-bond acceptors (Lipinski definition) is 3. The topological polar surface area (TPSA) is 31.4 Å².